The fourth-order valence-corrected chi connectivity index (χ4v) is 1.55. The van der Waals surface area contributed by atoms with Gasteiger partial charge in [-0.05, 0) is 37.1 Å². The number of hydrogen-bond acceptors (Lipinski definition) is 3. The molecule has 1 N–H and O–H groups in total. The molecule has 0 heterocycles. The van der Waals surface area contributed by atoms with Gasteiger partial charge in [-0.2, -0.15) is 0 Å². The largest absolute Gasteiger partial charge is 0.472 e. The summed E-state index contributed by atoms with van der Waals surface area (Å²) < 4.78 is 5.14. The van der Waals surface area contributed by atoms with Crippen LogP contribution in [0.3, 0.4) is 0 Å². The maximum atomic E-state index is 11.5. The molecule has 0 bridgehead atoms. The average molecular weight is 272 g/mol. The van der Waals surface area contributed by atoms with E-state index in [-0.39, 0.29) is 0 Å². The number of benzene rings is 1. The molecule has 20 heavy (non-hydrogen) atoms. The van der Waals surface area contributed by atoms with Crippen molar-refractivity contribution in [3.63, 3.8) is 0 Å². The Balaban J connectivity index is 3.07. The topological polar surface area (TPSA) is 63.6 Å². The Bertz CT molecular complexity index is 603. The van der Waals surface area contributed by atoms with Crippen LogP contribution in [0.15, 0.2) is 30.4 Å². The van der Waals surface area contributed by atoms with E-state index in [1.54, 1.807) is 25.1 Å². The van der Waals surface area contributed by atoms with E-state index < -0.39 is 11.9 Å². The first kappa shape index (κ1) is 15.5. The summed E-state index contributed by atoms with van der Waals surface area (Å²) in [5, 5.41) is 8.58. The van der Waals surface area contributed by atoms with E-state index in [0.717, 1.165) is 18.4 Å². The zero-order valence-corrected chi connectivity index (χ0v) is 11.5. The highest BCUT2D eigenvalue weighted by molar-refractivity contribution is 5.89. The van der Waals surface area contributed by atoms with Crippen LogP contribution in [-0.2, 0) is 16.0 Å². The van der Waals surface area contributed by atoms with Crippen molar-refractivity contribution >= 4 is 11.9 Å². The number of carbonyl (C=O) groups excluding carboxylic acids is 1. The molecule has 4 nitrogen and oxygen atoms in total. The Morgan fingerprint density at radius 3 is 2.65 bits per heavy atom. The van der Waals surface area contributed by atoms with E-state index in [9.17, 15) is 9.59 Å². The minimum atomic E-state index is -1.18. The summed E-state index contributed by atoms with van der Waals surface area (Å²) in [7, 11) is 0. The first-order valence-electron chi connectivity index (χ1n) is 6.19. The smallest absolute Gasteiger partial charge is 0.382 e. The Morgan fingerprint density at radius 2 is 2.10 bits per heavy atom. The number of ether oxygens (including phenoxy) is 1. The van der Waals surface area contributed by atoms with E-state index in [2.05, 4.69) is 18.4 Å². The third-order valence-electron chi connectivity index (χ3n) is 2.46. The standard InChI is InChI=1S/C16H16O4/c1-4-5-13-10-14(20-16(19)11(2)3)8-6-12(13)7-9-15(17)18/h6,8,10H,2,4-5H2,1,3H3,(H,17,18). The molecular weight excluding hydrogens is 256 g/mol. The Hall–Kier alpha value is -2.54. The molecule has 0 radical (unpaired) electrons. The minimum Gasteiger partial charge on any atom is -0.472 e. The number of carbonyl (C=O) groups is 2. The first-order valence-corrected chi connectivity index (χ1v) is 6.19. The second-order valence-electron chi connectivity index (χ2n) is 4.29. The normalized spacial score (nSPS) is 9.30. The van der Waals surface area contributed by atoms with Crippen LogP contribution in [0.4, 0.5) is 0 Å². The van der Waals surface area contributed by atoms with Gasteiger partial charge in [-0.15, -0.1) is 0 Å². The summed E-state index contributed by atoms with van der Waals surface area (Å²) >= 11 is 0. The van der Waals surface area contributed by atoms with Gasteiger partial charge in [0.1, 0.15) is 5.75 Å². The van der Waals surface area contributed by atoms with Crippen LogP contribution < -0.4 is 4.74 Å². The molecule has 0 unspecified atom stereocenters. The van der Waals surface area contributed by atoms with Gasteiger partial charge in [-0.1, -0.05) is 25.8 Å². The van der Waals surface area contributed by atoms with Crippen molar-refractivity contribution in [3.8, 4) is 17.6 Å². The van der Waals surface area contributed by atoms with Crippen molar-refractivity contribution in [1.82, 2.24) is 0 Å². The van der Waals surface area contributed by atoms with Gasteiger partial charge in [0.15, 0.2) is 0 Å². The van der Waals surface area contributed by atoms with Crippen molar-refractivity contribution in [3.05, 3.63) is 41.5 Å². The minimum absolute atomic E-state index is 0.316. The van der Waals surface area contributed by atoms with Crippen molar-refractivity contribution in [1.29, 1.82) is 0 Å². The number of carboxylic acids is 1. The van der Waals surface area contributed by atoms with Gasteiger partial charge in [0.05, 0.1) is 0 Å². The molecule has 0 fully saturated rings. The lowest BCUT2D eigenvalue weighted by molar-refractivity contribution is -0.131. The molecule has 1 rings (SSSR count). The van der Waals surface area contributed by atoms with Crippen LogP contribution in [0, 0.1) is 11.8 Å². The van der Waals surface area contributed by atoms with Crippen molar-refractivity contribution in [2.24, 2.45) is 0 Å². The molecule has 1 aromatic rings. The molecule has 0 aromatic heterocycles. The van der Waals surface area contributed by atoms with Crippen LogP contribution in [0.5, 0.6) is 5.75 Å². The lowest BCUT2D eigenvalue weighted by atomic mass is 10.0. The SMILES string of the molecule is C=C(C)C(=O)Oc1ccc(C#CC(=O)O)c(CCC)c1. The number of rotatable bonds is 4. The van der Waals surface area contributed by atoms with Gasteiger partial charge in [0.2, 0.25) is 0 Å². The summed E-state index contributed by atoms with van der Waals surface area (Å²) in [4.78, 5) is 21.9. The van der Waals surface area contributed by atoms with Crippen LogP contribution in [0.25, 0.3) is 0 Å². The van der Waals surface area contributed by atoms with Crippen LogP contribution in [0.2, 0.25) is 0 Å². The lowest BCUT2D eigenvalue weighted by Gasteiger charge is -2.08. The van der Waals surface area contributed by atoms with Crippen molar-refractivity contribution in [2.45, 2.75) is 26.7 Å². The van der Waals surface area contributed by atoms with Crippen LogP contribution in [-0.4, -0.2) is 17.0 Å². The number of carboxylic acid groups (broad SMARTS) is 1. The molecule has 0 aliphatic rings. The van der Waals surface area contributed by atoms with Gasteiger partial charge in [0, 0.05) is 17.1 Å². The first-order chi connectivity index (χ1) is 9.43. The molecule has 0 spiro atoms. The zero-order chi connectivity index (χ0) is 15.1. The number of esters is 1. The van der Waals surface area contributed by atoms with E-state index in [1.807, 2.05) is 6.92 Å². The summed E-state index contributed by atoms with van der Waals surface area (Å²) in [5.74, 6) is 3.42. The lowest BCUT2D eigenvalue weighted by Crippen LogP contribution is -2.08. The second kappa shape index (κ2) is 7.15. The molecule has 4 heteroatoms. The number of aryl methyl sites for hydroxylation is 1. The molecule has 0 aliphatic heterocycles. The van der Waals surface area contributed by atoms with Crippen LogP contribution >= 0.6 is 0 Å². The number of hydrogen-bond donors (Lipinski definition) is 1. The van der Waals surface area contributed by atoms with E-state index in [1.165, 1.54) is 0 Å². The van der Waals surface area contributed by atoms with Crippen LogP contribution in [0.1, 0.15) is 31.4 Å². The van der Waals surface area contributed by atoms with Gasteiger partial charge < -0.3 is 9.84 Å². The van der Waals surface area contributed by atoms with Gasteiger partial charge in [-0.25, -0.2) is 9.59 Å². The maximum Gasteiger partial charge on any atom is 0.382 e. The quantitative estimate of drug-likeness (QED) is 0.396. The molecule has 0 atom stereocenters. The molecule has 0 saturated carbocycles. The molecule has 104 valence electrons. The van der Waals surface area contributed by atoms with Crippen molar-refractivity contribution in [2.75, 3.05) is 0 Å². The zero-order valence-electron chi connectivity index (χ0n) is 11.5. The Morgan fingerprint density at radius 1 is 1.40 bits per heavy atom. The molecule has 0 saturated heterocycles. The highest BCUT2D eigenvalue weighted by Gasteiger charge is 2.08. The highest BCUT2D eigenvalue weighted by atomic mass is 16.5. The third kappa shape index (κ3) is 4.62. The molecule has 0 amide bonds. The van der Waals surface area contributed by atoms with Gasteiger partial charge >= 0.3 is 11.9 Å². The van der Waals surface area contributed by atoms with Crippen molar-refractivity contribution < 1.29 is 19.4 Å². The predicted octanol–water partition coefficient (Wildman–Crippen LogP) is 2.56. The van der Waals surface area contributed by atoms with E-state index >= 15 is 0 Å². The summed E-state index contributed by atoms with van der Waals surface area (Å²) in [6.07, 6.45) is 1.60. The van der Waals surface area contributed by atoms with Gasteiger partial charge in [-0.3, -0.25) is 0 Å². The molecule has 1 aromatic carbocycles. The second-order valence-corrected chi connectivity index (χ2v) is 4.29. The predicted molar refractivity (Wildman–Crippen MR) is 75.4 cm³/mol. The average Bonchev–Trinajstić information content (AvgIpc) is 2.37. The highest BCUT2D eigenvalue weighted by Crippen LogP contribution is 2.19. The van der Waals surface area contributed by atoms with E-state index in [0.29, 0.717) is 16.9 Å². The number of aliphatic carboxylic acids is 1. The molecular formula is C16H16O4. The summed E-state index contributed by atoms with van der Waals surface area (Å²) in [5.41, 5.74) is 1.80. The third-order valence-corrected chi connectivity index (χ3v) is 2.46. The fraction of sp³-hybridized carbons (Fsp3) is 0.250. The monoisotopic (exact) mass is 272 g/mol. The Labute approximate surface area is 118 Å². The summed E-state index contributed by atoms with van der Waals surface area (Å²) in [6, 6.07) is 4.95. The fourth-order valence-electron chi connectivity index (χ4n) is 1.55. The van der Waals surface area contributed by atoms with Gasteiger partial charge in [0.25, 0.3) is 0 Å². The maximum absolute atomic E-state index is 11.5. The summed E-state index contributed by atoms with van der Waals surface area (Å²) in [6.45, 7) is 7.09. The Kier molecular flexibility index (Phi) is 5.55. The molecule has 0 aliphatic carbocycles. The van der Waals surface area contributed by atoms with E-state index in [4.69, 9.17) is 9.84 Å².